The van der Waals surface area contributed by atoms with Gasteiger partial charge in [0.2, 0.25) is 0 Å². The molecule has 0 aromatic heterocycles. The molecule has 0 saturated heterocycles. The fraction of sp³-hybridized carbons (Fsp3) is 0.889. The normalized spacial score (nSPS) is 82.2. The van der Waals surface area contributed by atoms with Crippen molar-refractivity contribution >= 4 is 5.78 Å². The largest absolute Gasteiger partial charge is 0.299 e. The first-order chi connectivity index (χ1) is 5.24. The Balaban J connectivity index is 1.95. The van der Waals surface area contributed by atoms with Crippen molar-refractivity contribution in [2.45, 2.75) is 12.8 Å². The Morgan fingerprint density at radius 3 is 3.00 bits per heavy atom. The maximum absolute atomic E-state index is 11.5. The van der Waals surface area contributed by atoms with Crippen molar-refractivity contribution in [3.05, 3.63) is 0 Å². The maximum Gasteiger partial charge on any atom is 0.139 e. The summed E-state index contributed by atoms with van der Waals surface area (Å²) in [5.41, 5.74) is 0. The first kappa shape index (κ1) is 3.89. The maximum atomic E-state index is 11.5. The van der Waals surface area contributed by atoms with Gasteiger partial charge in [-0.2, -0.15) is 0 Å². The molecule has 0 aliphatic heterocycles. The van der Waals surface area contributed by atoms with Crippen LogP contribution in [0.1, 0.15) is 14.2 Å². The third-order valence-corrected chi connectivity index (χ3v) is 4.20. The van der Waals surface area contributed by atoms with E-state index in [9.17, 15) is 4.79 Å². The van der Waals surface area contributed by atoms with Crippen molar-refractivity contribution in [3.63, 3.8) is 0 Å². The number of ketones is 1. The average Bonchev–Trinajstić information content (AvgIpc) is 2.47. The van der Waals surface area contributed by atoms with Crippen LogP contribution in [-0.4, -0.2) is 5.78 Å². The molecule has 6 atom stereocenters. The van der Waals surface area contributed by atoms with Crippen molar-refractivity contribution in [2.24, 2.45) is 35.5 Å². The number of Topliss-reactive ketones (excluding diaryl/α,β-unsaturated/α-hetero) is 1. The van der Waals surface area contributed by atoms with Crippen LogP contribution in [0.2, 0.25) is 0 Å². The Kier molecular flexibility index (Phi) is 0.386. The van der Waals surface area contributed by atoms with Crippen molar-refractivity contribution in [1.29, 1.82) is 0 Å². The number of rotatable bonds is 0. The lowest BCUT2D eigenvalue weighted by atomic mass is 9.77. The van der Waals surface area contributed by atoms with E-state index in [1.807, 2.05) is 0 Å². The number of hydrogen-bond donors (Lipinski definition) is 0. The van der Waals surface area contributed by atoms with Crippen LogP contribution in [0.3, 0.4) is 0 Å². The molecule has 10 heavy (non-hydrogen) atoms. The van der Waals surface area contributed by atoms with Crippen molar-refractivity contribution in [2.75, 3.05) is 0 Å². The molecule has 5 rings (SSSR count). The van der Waals surface area contributed by atoms with Gasteiger partial charge in [0.1, 0.15) is 5.78 Å². The van der Waals surface area contributed by atoms with Crippen LogP contribution in [0.25, 0.3) is 0 Å². The van der Waals surface area contributed by atoms with Gasteiger partial charge in [-0.1, -0.05) is 0 Å². The summed E-state index contributed by atoms with van der Waals surface area (Å²) in [5.74, 6) is 2.82. The van der Waals surface area contributed by atoms with Crippen LogP contribution in [0, 0.1) is 35.5 Å². The van der Waals surface area contributed by atoms with Crippen LogP contribution >= 0.6 is 0 Å². The molecule has 0 heterocycles. The quantitative estimate of drug-likeness (QED) is 0.486. The van der Waals surface area contributed by atoms with Gasteiger partial charge in [-0.15, -0.1) is 0 Å². The number of hydrogen-bond acceptors (Lipinski definition) is 1. The summed E-state index contributed by atoms with van der Waals surface area (Å²) in [5, 5.41) is 0. The first-order valence-corrected chi connectivity index (χ1v) is 4.28. The van der Waals surface area contributed by atoms with Crippen molar-refractivity contribution < 1.29 is 6.17 Å². The zero-order valence-electron chi connectivity index (χ0n) is 6.71. The third kappa shape index (κ3) is 0.240. The highest BCUT2D eigenvalue weighted by atomic mass is 16.1. The second kappa shape index (κ2) is 0.992. The molecule has 5 aliphatic carbocycles. The molecule has 4 bridgehead atoms. The van der Waals surface area contributed by atoms with Crippen LogP contribution in [0.5, 0.6) is 0 Å². The highest BCUT2D eigenvalue weighted by molar-refractivity contribution is 5.90. The van der Waals surface area contributed by atoms with E-state index in [1.54, 1.807) is 0 Å². The molecule has 5 saturated carbocycles. The van der Waals surface area contributed by atoms with Gasteiger partial charge in [0.05, 0.1) is 0 Å². The van der Waals surface area contributed by atoms with E-state index in [-0.39, 0.29) is 11.8 Å². The molecule has 0 spiro atoms. The zero-order chi connectivity index (χ0) is 7.38. The second-order valence-corrected chi connectivity index (χ2v) is 4.34. The topological polar surface area (TPSA) is 17.1 Å². The molecule has 0 radical (unpaired) electrons. The van der Waals surface area contributed by atoms with Crippen LogP contribution in [0.4, 0.5) is 0 Å². The summed E-state index contributed by atoms with van der Waals surface area (Å²) in [6, 6.07) is 0. The zero-order valence-corrected chi connectivity index (χ0v) is 5.71. The Morgan fingerprint density at radius 1 is 1.40 bits per heavy atom. The molecule has 1 nitrogen and oxygen atoms in total. The molecule has 0 N–H and O–H groups in total. The first-order valence-electron chi connectivity index (χ1n) is 4.78. The van der Waals surface area contributed by atoms with E-state index in [0.717, 1.165) is 18.8 Å². The predicted octanol–water partition coefficient (Wildman–Crippen LogP) is 1.09. The molecular weight excluding hydrogens is 124 g/mol. The molecule has 5 fully saturated rings. The molecule has 0 amide bonds. The van der Waals surface area contributed by atoms with E-state index < -0.39 is 0 Å². The lowest BCUT2D eigenvalue weighted by Crippen LogP contribution is -2.23. The molecule has 0 aromatic carbocycles. The van der Waals surface area contributed by atoms with Gasteiger partial charge in [0.25, 0.3) is 0 Å². The third-order valence-electron chi connectivity index (χ3n) is 4.20. The van der Waals surface area contributed by atoms with Crippen LogP contribution in [0.15, 0.2) is 0 Å². The van der Waals surface area contributed by atoms with Crippen LogP contribution in [-0.2, 0) is 4.79 Å². The predicted molar refractivity (Wildman–Crippen MR) is 35.2 cm³/mol. The lowest BCUT2D eigenvalue weighted by molar-refractivity contribution is -0.125. The second-order valence-electron chi connectivity index (χ2n) is 4.34. The Labute approximate surface area is 61.2 Å². The summed E-state index contributed by atoms with van der Waals surface area (Å²) in [7, 11) is 0. The highest BCUT2D eigenvalue weighted by Crippen LogP contribution is 2.78. The molecule has 1 heteroatoms. The molecular formula is C9H10O. The summed E-state index contributed by atoms with van der Waals surface area (Å²) >= 11 is 0. The van der Waals surface area contributed by atoms with Gasteiger partial charge in [-0.05, 0) is 36.5 Å². The lowest BCUT2D eigenvalue weighted by Gasteiger charge is -2.28. The Hall–Kier alpha value is -0.330. The minimum absolute atomic E-state index is 0.213. The van der Waals surface area contributed by atoms with Crippen molar-refractivity contribution in [3.8, 4) is 0 Å². The summed E-state index contributed by atoms with van der Waals surface area (Å²) < 4.78 is 8.02. The van der Waals surface area contributed by atoms with Gasteiger partial charge in [-0.3, -0.25) is 4.79 Å². The SMILES string of the molecule is [2H][C@]12[C@H]3[C@H]4C[C@@H](C[C@H]41)C(=O)[C@@H]32. The Bertz CT molecular complexity index is 287. The summed E-state index contributed by atoms with van der Waals surface area (Å²) in [6.45, 7) is 0. The van der Waals surface area contributed by atoms with E-state index >= 15 is 0 Å². The van der Waals surface area contributed by atoms with E-state index in [4.69, 9.17) is 1.37 Å². The standard InChI is InChI=1S/C9H10O/c10-9-3-1-4-5(2-3)7-6(4)8(7)9/h3-8H,1-2H2/t3-,4-,5+,6-,7-,8-/m1/s1/i6D. The molecule has 5 aliphatic rings. The molecule has 0 unspecified atom stereocenters. The number of carbonyl (C=O) groups is 1. The van der Waals surface area contributed by atoms with E-state index in [1.165, 1.54) is 0 Å². The van der Waals surface area contributed by atoms with Crippen LogP contribution < -0.4 is 0 Å². The monoisotopic (exact) mass is 135 g/mol. The summed E-state index contributed by atoms with van der Waals surface area (Å²) in [4.78, 5) is 11.5. The minimum Gasteiger partial charge on any atom is -0.299 e. The van der Waals surface area contributed by atoms with E-state index in [2.05, 4.69) is 0 Å². The van der Waals surface area contributed by atoms with Gasteiger partial charge < -0.3 is 0 Å². The van der Waals surface area contributed by atoms with Gasteiger partial charge in [0.15, 0.2) is 0 Å². The van der Waals surface area contributed by atoms with E-state index in [0.29, 0.717) is 23.5 Å². The average molecular weight is 135 g/mol. The smallest absolute Gasteiger partial charge is 0.139 e. The Morgan fingerprint density at radius 2 is 2.20 bits per heavy atom. The van der Waals surface area contributed by atoms with Gasteiger partial charge in [-0.25, -0.2) is 0 Å². The van der Waals surface area contributed by atoms with Gasteiger partial charge in [0, 0.05) is 13.2 Å². The molecule has 52 valence electrons. The highest BCUT2D eigenvalue weighted by Gasteiger charge is 2.78. The molecule has 0 aromatic rings. The fourth-order valence-electron chi connectivity index (χ4n) is 3.84. The minimum atomic E-state index is -0.214. The van der Waals surface area contributed by atoms with Gasteiger partial charge >= 0.3 is 0 Å². The van der Waals surface area contributed by atoms with Crippen molar-refractivity contribution in [1.82, 2.24) is 0 Å². The fourth-order valence-corrected chi connectivity index (χ4v) is 3.84. The number of carbonyl (C=O) groups excluding carboxylic acids is 1. The summed E-state index contributed by atoms with van der Waals surface area (Å²) in [6.07, 6.45) is 2.21.